The van der Waals surface area contributed by atoms with Gasteiger partial charge in [-0.3, -0.25) is 0 Å². The highest BCUT2D eigenvalue weighted by atomic mass is 35.5. The third-order valence-corrected chi connectivity index (χ3v) is 5.02. The second-order valence-corrected chi connectivity index (χ2v) is 6.92. The van der Waals surface area contributed by atoms with Crippen LogP contribution in [0.2, 0.25) is 10.0 Å². The smallest absolute Gasteiger partial charge is 0.231 e. The van der Waals surface area contributed by atoms with Gasteiger partial charge in [-0.25, -0.2) is 4.98 Å². The number of likely N-dealkylation sites (N-methyl/N-ethyl adjacent to an activating group) is 1. The molecular formula is C16H14Cl2N4OS. The molecule has 0 atom stereocenters. The molecule has 0 aliphatic carbocycles. The van der Waals surface area contributed by atoms with Crippen LogP contribution < -0.4 is 4.90 Å². The first kappa shape index (κ1) is 17.1. The summed E-state index contributed by atoms with van der Waals surface area (Å²) in [5.74, 6) is 0. The van der Waals surface area contributed by atoms with Crippen LogP contribution in [-0.4, -0.2) is 30.3 Å². The second kappa shape index (κ2) is 7.44. The van der Waals surface area contributed by atoms with Crippen molar-refractivity contribution in [3.05, 3.63) is 46.4 Å². The molecule has 2 aromatic carbocycles. The van der Waals surface area contributed by atoms with E-state index in [0.29, 0.717) is 21.7 Å². The zero-order chi connectivity index (χ0) is 17.1. The molecule has 1 heterocycles. The summed E-state index contributed by atoms with van der Waals surface area (Å²) in [6, 6.07) is 11.1. The standard InChI is InChI=1S/C16H14Cl2N4OS/c1-22(6-7-23)11-4-2-10(3-5-11)20-21-16-19-14-8-12(17)13(18)9-15(14)24-16/h2-5,8-9,23H,6-7H2,1H3. The molecule has 0 unspecified atom stereocenters. The van der Waals surface area contributed by atoms with Crippen molar-refractivity contribution in [2.75, 3.05) is 25.1 Å². The fourth-order valence-electron chi connectivity index (χ4n) is 2.11. The van der Waals surface area contributed by atoms with Gasteiger partial charge in [0.05, 0.1) is 32.6 Å². The Kier molecular flexibility index (Phi) is 5.30. The van der Waals surface area contributed by atoms with E-state index in [9.17, 15) is 0 Å². The van der Waals surface area contributed by atoms with E-state index < -0.39 is 0 Å². The van der Waals surface area contributed by atoms with Crippen LogP contribution in [-0.2, 0) is 0 Å². The third-order valence-electron chi connectivity index (χ3n) is 3.40. The molecule has 0 fully saturated rings. The lowest BCUT2D eigenvalue weighted by molar-refractivity contribution is 0.304. The Labute approximate surface area is 153 Å². The first-order chi connectivity index (χ1) is 11.6. The Balaban J connectivity index is 1.78. The molecule has 0 radical (unpaired) electrons. The summed E-state index contributed by atoms with van der Waals surface area (Å²) in [5, 5.41) is 18.9. The highest BCUT2D eigenvalue weighted by Crippen LogP contribution is 2.34. The molecule has 124 valence electrons. The molecule has 1 aromatic heterocycles. The van der Waals surface area contributed by atoms with E-state index in [1.807, 2.05) is 36.2 Å². The number of thiazole rings is 1. The van der Waals surface area contributed by atoms with E-state index in [4.69, 9.17) is 28.3 Å². The highest BCUT2D eigenvalue weighted by molar-refractivity contribution is 7.22. The number of hydrogen-bond donors (Lipinski definition) is 1. The van der Waals surface area contributed by atoms with Gasteiger partial charge in [0.1, 0.15) is 0 Å². The highest BCUT2D eigenvalue weighted by Gasteiger charge is 2.07. The summed E-state index contributed by atoms with van der Waals surface area (Å²) in [4.78, 5) is 6.34. The lowest BCUT2D eigenvalue weighted by atomic mass is 10.2. The van der Waals surface area contributed by atoms with Crippen molar-refractivity contribution in [3.63, 3.8) is 0 Å². The molecule has 0 aliphatic rings. The Morgan fingerprint density at radius 1 is 1.12 bits per heavy atom. The number of hydrogen-bond acceptors (Lipinski definition) is 6. The maximum Gasteiger partial charge on any atom is 0.231 e. The van der Waals surface area contributed by atoms with Crippen LogP contribution in [0.4, 0.5) is 16.5 Å². The van der Waals surface area contributed by atoms with Gasteiger partial charge in [0.15, 0.2) is 0 Å². The molecule has 0 spiro atoms. The number of anilines is 1. The Hall–Kier alpha value is -1.73. The van der Waals surface area contributed by atoms with E-state index in [-0.39, 0.29) is 6.61 Å². The van der Waals surface area contributed by atoms with Crippen molar-refractivity contribution < 1.29 is 5.11 Å². The number of halogens is 2. The number of azo groups is 1. The van der Waals surface area contributed by atoms with Crippen LogP contribution in [0.15, 0.2) is 46.6 Å². The zero-order valence-electron chi connectivity index (χ0n) is 12.8. The number of aromatic nitrogens is 1. The van der Waals surface area contributed by atoms with Crippen LogP contribution in [0.25, 0.3) is 10.2 Å². The van der Waals surface area contributed by atoms with Gasteiger partial charge >= 0.3 is 0 Å². The summed E-state index contributed by atoms with van der Waals surface area (Å²) >= 11 is 13.4. The summed E-state index contributed by atoms with van der Waals surface area (Å²) in [5.41, 5.74) is 2.49. The van der Waals surface area contributed by atoms with Gasteiger partial charge < -0.3 is 10.0 Å². The fraction of sp³-hybridized carbons (Fsp3) is 0.188. The van der Waals surface area contributed by atoms with Crippen molar-refractivity contribution in [2.45, 2.75) is 0 Å². The minimum Gasteiger partial charge on any atom is -0.395 e. The van der Waals surface area contributed by atoms with Crippen molar-refractivity contribution in [3.8, 4) is 0 Å². The number of nitrogens with zero attached hydrogens (tertiary/aromatic N) is 4. The zero-order valence-corrected chi connectivity index (χ0v) is 15.1. The molecule has 0 aliphatic heterocycles. The van der Waals surface area contributed by atoms with Gasteiger partial charge in [0.25, 0.3) is 0 Å². The molecule has 3 rings (SSSR count). The topological polar surface area (TPSA) is 61.1 Å². The van der Waals surface area contributed by atoms with E-state index in [1.165, 1.54) is 11.3 Å². The summed E-state index contributed by atoms with van der Waals surface area (Å²) in [6.45, 7) is 0.696. The van der Waals surface area contributed by atoms with Crippen molar-refractivity contribution in [2.24, 2.45) is 10.2 Å². The summed E-state index contributed by atoms with van der Waals surface area (Å²) in [6.07, 6.45) is 0. The van der Waals surface area contributed by atoms with Gasteiger partial charge in [-0.15, -0.1) is 10.2 Å². The molecule has 0 amide bonds. The van der Waals surface area contributed by atoms with Crippen LogP contribution in [0.1, 0.15) is 0 Å². The van der Waals surface area contributed by atoms with Crippen LogP contribution in [0.5, 0.6) is 0 Å². The first-order valence-electron chi connectivity index (χ1n) is 7.16. The van der Waals surface area contributed by atoms with Gasteiger partial charge in [-0.2, -0.15) is 0 Å². The predicted molar refractivity (Wildman–Crippen MR) is 101 cm³/mol. The number of aliphatic hydroxyl groups is 1. The summed E-state index contributed by atoms with van der Waals surface area (Å²) < 4.78 is 0.916. The Morgan fingerprint density at radius 3 is 2.54 bits per heavy atom. The summed E-state index contributed by atoms with van der Waals surface area (Å²) in [7, 11) is 1.92. The van der Waals surface area contributed by atoms with Gasteiger partial charge in [0, 0.05) is 19.3 Å². The molecule has 0 bridgehead atoms. The van der Waals surface area contributed by atoms with Crippen LogP contribution in [0.3, 0.4) is 0 Å². The maximum absolute atomic E-state index is 8.96. The van der Waals surface area contributed by atoms with Crippen molar-refractivity contribution in [1.29, 1.82) is 0 Å². The number of aliphatic hydroxyl groups excluding tert-OH is 1. The Bertz CT molecular complexity index is 841. The predicted octanol–water partition coefficient (Wildman–Crippen LogP) is 5.45. The molecule has 24 heavy (non-hydrogen) atoms. The van der Waals surface area contributed by atoms with Gasteiger partial charge in [-0.05, 0) is 36.4 Å². The van der Waals surface area contributed by atoms with Crippen molar-refractivity contribution in [1.82, 2.24) is 4.98 Å². The van der Waals surface area contributed by atoms with Crippen LogP contribution >= 0.6 is 34.5 Å². The van der Waals surface area contributed by atoms with E-state index >= 15 is 0 Å². The molecule has 0 saturated carbocycles. The lowest BCUT2D eigenvalue weighted by Crippen LogP contribution is -2.20. The lowest BCUT2D eigenvalue weighted by Gasteiger charge is -2.17. The Morgan fingerprint density at radius 2 is 1.83 bits per heavy atom. The molecule has 8 heteroatoms. The number of benzene rings is 2. The second-order valence-electron chi connectivity index (χ2n) is 5.09. The largest absolute Gasteiger partial charge is 0.395 e. The van der Waals surface area contributed by atoms with E-state index in [2.05, 4.69) is 15.2 Å². The molecule has 0 saturated heterocycles. The monoisotopic (exact) mass is 380 g/mol. The third kappa shape index (κ3) is 3.84. The fourth-order valence-corrected chi connectivity index (χ4v) is 3.30. The quantitative estimate of drug-likeness (QED) is 0.598. The molecule has 5 nitrogen and oxygen atoms in total. The van der Waals surface area contributed by atoms with Gasteiger partial charge in [0.2, 0.25) is 5.13 Å². The average Bonchev–Trinajstić information content (AvgIpc) is 2.96. The average molecular weight is 381 g/mol. The number of rotatable bonds is 5. The van der Waals surface area contributed by atoms with E-state index in [0.717, 1.165) is 21.6 Å². The van der Waals surface area contributed by atoms with Crippen LogP contribution in [0, 0.1) is 0 Å². The minimum absolute atomic E-state index is 0.115. The minimum atomic E-state index is 0.115. The maximum atomic E-state index is 8.96. The van der Waals surface area contributed by atoms with Crippen molar-refractivity contribution >= 4 is 61.3 Å². The number of fused-ring (bicyclic) bond motifs is 1. The SMILES string of the molecule is CN(CCO)c1ccc(N=Nc2nc3cc(Cl)c(Cl)cc3s2)cc1. The van der Waals surface area contributed by atoms with E-state index in [1.54, 1.807) is 12.1 Å². The first-order valence-corrected chi connectivity index (χ1v) is 8.73. The normalized spacial score (nSPS) is 11.5. The molecule has 3 aromatic rings. The molecular weight excluding hydrogens is 367 g/mol. The van der Waals surface area contributed by atoms with Gasteiger partial charge in [-0.1, -0.05) is 34.5 Å². The molecule has 1 N–H and O–H groups in total.